The molecular formula is C18H20ClFN4O2. The summed E-state index contributed by atoms with van der Waals surface area (Å²) >= 11 is 5.91. The molecule has 2 aliphatic heterocycles. The number of amides is 1. The number of carbonyl (C=O) groups excluding carboxylic acids is 1. The smallest absolute Gasteiger partial charge is 0.254 e. The lowest BCUT2D eigenvalue weighted by Gasteiger charge is -2.39. The van der Waals surface area contributed by atoms with E-state index in [1.807, 2.05) is 15.8 Å². The molecule has 0 spiro atoms. The summed E-state index contributed by atoms with van der Waals surface area (Å²) < 4.78 is 20.6. The number of fused-ring (bicyclic) bond motifs is 2. The normalized spacial score (nSPS) is 24.9. The van der Waals surface area contributed by atoms with Crippen molar-refractivity contribution in [3.63, 3.8) is 0 Å². The molecule has 2 aromatic rings. The van der Waals surface area contributed by atoms with Gasteiger partial charge in [-0.05, 0) is 43.9 Å². The molecule has 0 aliphatic carbocycles. The number of benzene rings is 1. The van der Waals surface area contributed by atoms with E-state index in [9.17, 15) is 9.18 Å². The minimum Gasteiger partial charge on any atom is -0.378 e. The van der Waals surface area contributed by atoms with Gasteiger partial charge in [-0.2, -0.15) is 0 Å². The molecule has 6 nitrogen and oxygen atoms in total. The molecule has 8 heteroatoms. The molecule has 2 aliphatic rings. The standard InChI is InChI=1S/C18H20ClFN4O2/c1-26-10-14-9-23(22-21-14)17-7-15-2-3-16(8-17)24(15)18(25)11-4-12(19)6-13(20)5-11/h4-6,9,15-17H,2-3,7-8,10H2,1H3. The molecule has 1 aromatic heterocycles. The van der Waals surface area contributed by atoms with E-state index >= 15 is 0 Å². The van der Waals surface area contributed by atoms with Crippen molar-refractivity contribution in [1.82, 2.24) is 19.9 Å². The van der Waals surface area contributed by atoms with Gasteiger partial charge in [0.25, 0.3) is 5.91 Å². The van der Waals surface area contributed by atoms with E-state index in [0.717, 1.165) is 31.4 Å². The van der Waals surface area contributed by atoms with Crippen molar-refractivity contribution in [3.05, 3.63) is 46.5 Å². The van der Waals surface area contributed by atoms with Gasteiger partial charge in [-0.15, -0.1) is 5.10 Å². The van der Waals surface area contributed by atoms with E-state index in [0.29, 0.717) is 12.2 Å². The Balaban J connectivity index is 1.52. The van der Waals surface area contributed by atoms with Gasteiger partial charge in [0.05, 0.1) is 18.8 Å². The molecule has 0 N–H and O–H groups in total. The molecule has 138 valence electrons. The second kappa shape index (κ2) is 6.96. The van der Waals surface area contributed by atoms with Crippen molar-refractivity contribution in [2.45, 2.75) is 50.4 Å². The van der Waals surface area contributed by atoms with Gasteiger partial charge in [0.1, 0.15) is 11.5 Å². The lowest BCUT2D eigenvalue weighted by molar-refractivity contribution is 0.0522. The van der Waals surface area contributed by atoms with Crippen LogP contribution in [0.25, 0.3) is 0 Å². The number of hydrogen-bond donors (Lipinski definition) is 0. The number of ether oxygens (including phenoxy) is 1. The number of halogens is 2. The quantitative estimate of drug-likeness (QED) is 0.819. The summed E-state index contributed by atoms with van der Waals surface area (Å²) in [7, 11) is 1.63. The zero-order valence-electron chi connectivity index (χ0n) is 14.4. The van der Waals surface area contributed by atoms with Crippen molar-refractivity contribution in [2.75, 3.05) is 7.11 Å². The first kappa shape index (κ1) is 17.4. The van der Waals surface area contributed by atoms with Gasteiger partial charge in [0.15, 0.2) is 0 Å². The highest BCUT2D eigenvalue weighted by molar-refractivity contribution is 6.31. The third-order valence-electron chi connectivity index (χ3n) is 5.28. The van der Waals surface area contributed by atoms with Gasteiger partial charge in [0.2, 0.25) is 0 Å². The number of methoxy groups -OCH3 is 1. The Bertz CT molecular complexity index is 793. The van der Waals surface area contributed by atoms with Crippen LogP contribution in [0.5, 0.6) is 0 Å². The first-order chi connectivity index (χ1) is 12.5. The third-order valence-corrected chi connectivity index (χ3v) is 5.49. The molecule has 4 rings (SSSR count). The molecule has 2 fully saturated rings. The second-order valence-corrected chi connectivity index (χ2v) is 7.44. The number of rotatable bonds is 4. The lowest BCUT2D eigenvalue weighted by atomic mass is 9.96. The summed E-state index contributed by atoms with van der Waals surface area (Å²) in [5.74, 6) is -0.632. The summed E-state index contributed by atoms with van der Waals surface area (Å²) in [4.78, 5) is 14.9. The Morgan fingerprint density at radius 3 is 2.65 bits per heavy atom. The highest BCUT2D eigenvalue weighted by Gasteiger charge is 2.44. The van der Waals surface area contributed by atoms with E-state index in [2.05, 4.69) is 10.3 Å². The Morgan fingerprint density at radius 2 is 2.00 bits per heavy atom. The molecular weight excluding hydrogens is 359 g/mol. The first-order valence-corrected chi connectivity index (χ1v) is 9.11. The minimum absolute atomic E-state index is 0.128. The van der Waals surface area contributed by atoms with E-state index in [-0.39, 0.29) is 29.1 Å². The van der Waals surface area contributed by atoms with E-state index < -0.39 is 5.82 Å². The van der Waals surface area contributed by atoms with Gasteiger partial charge in [-0.1, -0.05) is 16.8 Å². The Hall–Kier alpha value is -1.99. The van der Waals surface area contributed by atoms with Crippen LogP contribution in [-0.2, 0) is 11.3 Å². The minimum atomic E-state index is -0.489. The predicted octanol–water partition coefficient (Wildman–Crippen LogP) is 3.23. The number of carbonyl (C=O) groups is 1. The predicted molar refractivity (Wildman–Crippen MR) is 93.4 cm³/mol. The van der Waals surface area contributed by atoms with Crippen LogP contribution in [0.2, 0.25) is 5.02 Å². The van der Waals surface area contributed by atoms with Crippen LogP contribution in [-0.4, -0.2) is 45.0 Å². The van der Waals surface area contributed by atoms with Crippen LogP contribution in [0, 0.1) is 5.82 Å². The fourth-order valence-electron chi connectivity index (χ4n) is 4.23. The topological polar surface area (TPSA) is 60.2 Å². The number of hydrogen-bond acceptors (Lipinski definition) is 4. The average molecular weight is 379 g/mol. The molecule has 3 heterocycles. The van der Waals surface area contributed by atoms with Crippen molar-refractivity contribution in [2.24, 2.45) is 0 Å². The second-order valence-electron chi connectivity index (χ2n) is 7.00. The maximum absolute atomic E-state index is 13.6. The van der Waals surface area contributed by atoms with Crippen molar-refractivity contribution in [1.29, 1.82) is 0 Å². The highest BCUT2D eigenvalue weighted by Crippen LogP contribution is 2.41. The molecule has 2 saturated heterocycles. The van der Waals surface area contributed by atoms with Crippen LogP contribution in [0.1, 0.15) is 47.8 Å². The monoisotopic (exact) mass is 378 g/mol. The molecule has 0 radical (unpaired) electrons. The summed E-state index contributed by atoms with van der Waals surface area (Å²) in [6, 6.07) is 4.47. The fraction of sp³-hybridized carbons (Fsp3) is 0.500. The summed E-state index contributed by atoms with van der Waals surface area (Å²) in [6.07, 6.45) is 5.46. The molecule has 1 aromatic carbocycles. The third kappa shape index (κ3) is 3.21. The van der Waals surface area contributed by atoms with Crippen LogP contribution in [0.15, 0.2) is 24.4 Å². The molecule has 2 atom stereocenters. The van der Waals surface area contributed by atoms with Crippen LogP contribution < -0.4 is 0 Å². The SMILES string of the molecule is COCc1cn(C2CC3CCC(C2)N3C(=O)c2cc(F)cc(Cl)c2)nn1. The summed E-state index contributed by atoms with van der Waals surface area (Å²) in [6.45, 7) is 0.435. The maximum atomic E-state index is 13.6. The maximum Gasteiger partial charge on any atom is 0.254 e. The summed E-state index contributed by atoms with van der Waals surface area (Å²) in [5, 5.41) is 8.59. The van der Waals surface area contributed by atoms with Gasteiger partial charge in [-0.25, -0.2) is 9.07 Å². The number of aromatic nitrogens is 3. The Kier molecular flexibility index (Phi) is 4.67. The van der Waals surface area contributed by atoms with Gasteiger partial charge in [-0.3, -0.25) is 4.79 Å². The molecule has 1 amide bonds. The Labute approximate surface area is 155 Å². The van der Waals surface area contributed by atoms with E-state index in [1.165, 1.54) is 18.2 Å². The lowest BCUT2D eigenvalue weighted by Crippen LogP contribution is -2.47. The number of nitrogens with zero attached hydrogens (tertiary/aromatic N) is 4. The first-order valence-electron chi connectivity index (χ1n) is 8.73. The zero-order valence-corrected chi connectivity index (χ0v) is 15.2. The van der Waals surface area contributed by atoms with Gasteiger partial charge < -0.3 is 9.64 Å². The highest BCUT2D eigenvalue weighted by atomic mass is 35.5. The van der Waals surface area contributed by atoms with Crippen LogP contribution in [0.4, 0.5) is 4.39 Å². The van der Waals surface area contributed by atoms with Gasteiger partial charge >= 0.3 is 0 Å². The van der Waals surface area contributed by atoms with Crippen molar-refractivity contribution >= 4 is 17.5 Å². The van der Waals surface area contributed by atoms with Crippen molar-refractivity contribution < 1.29 is 13.9 Å². The molecule has 2 unspecified atom stereocenters. The van der Waals surface area contributed by atoms with Crippen LogP contribution in [0.3, 0.4) is 0 Å². The average Bonchev–Trinajstić information content (AvgIpc) is 3.16. The van der Waals surface area contributed by atoms with E-state index in [1.54, 1.807) is 7.11 Å². The molecule has 0 saturated carbocycles. The number of piperidine rings is 1. The molecule has 2 bridgehead atoms. The zero-order chi connectivity index (χ0) is 18.3. The van der Waals surface area contributed by atoms with Gasteiger partial charge in [0, 0.05) is 29.8 Å². The van der Waals surface area contributed by atoms with E-state index in [4.69, 9.17) is 16.3 Å². The summed E-state index contributed by atoms with van der Waals surface area (Å²) in [5.41, 5.74) is 1.11. The van der Waals surface area contributed by atoms with Crippen molar-refractivity contribution in [3.8, 4) is 0 Å². The fourth-order valence-corrected chi connectivity index (χ4v) is 4.45. The molecule has 26 heavy (non-hydrogen) atoms. The Morgan fingerprint density at radius 1 is 1.27 bits per heavy atom. The van der Waals surface area contributed by atoms with Crippen LogP contribution >= 0.6 is 11.6 Å². The largest absolute Gasteiger partial charge is 0.378 e.